The van der Waals surface area contributed by atoms with Crippen LogP contribution in [0.5, 0.6) is 5.75 Å². The largest absolute Gasteiger partial charge is 1.00 e. The van der Waals surface area contributed by atoms with Gasteiger partial charge >= 0.3 is 5.97 Å². The normalized spacial score (nSPS) is 16.8. The minimum atomic E-state index is -0.801. The van der Waals surface area contributed by atoms with Crippen LogP contribution in [0.25, 0.3) is 0 Å². The predicted octanol–water partition coefficient (Wildman–Crippen LogP) is 1.18. The molecule has 0 fully saturated rings. The molecule has 2 aromatic rings. The molecule has 11 heteroatoms. The summed E-state index contributed by atoms with van der Waals surface area (Å²) >= 11 is 1.01. The summed E-state index contributed by atoms with van der Waals surface area (Å²) in [5.74, 6) is -1.43. The first-order chi connectivity index (χ1) is 16.8. The van der Waals surface area contributed by atoms with Crippen LogP contribution >= 0.6 is 11.8 Å². The minimum absolute atomic E-state index is 0. The zero-order valence-electron chi connectivity index (χ0n) is 19.6. The van der Waals surface area contributed by atoms with Crippen LogP contribution in [0.4, 0.5) is 10.1 Å². The van der Waals surface area contributed by atoms with E-state index in [0.29, 0.717) is 22.7 Å². The Morgan fingerprint density at radius 2 is 1.81 bits per heavy atom. The van der Waals surface area contributed by atoms with Crippen LogP contribution in [0.3, 0.4) is 0 Å². The zero-order valence-corrected chi connectivity index (χ0v) is 22.0. The number of halogens is 2. The van der Waals surface area contributed by atoms with E-state index in [1.54, 1.807) is 45.2 Å². The van der Waals surface area contributed by atoms with Crippen LogP contribution in [-0.4, -0.2) is 41.6 Å². The van der Waals surface area contributed by atoms with Gasteiger partial charge in [0.15, 0.2) is 5.17 Å². The number of amidine groups is 1. The lowest BCUT2D eigenvalue weighted by Crippen LogP contribution is -3.00. The molecule has 188 valence electrons. The number of amides is 2. The van der Waals surface area contributed by atoms with E-state index in [1.165, 1.54) is 35.2 Å². The van der Waals surface area contributed by atoms with Gasteiger partial charge in [-0.05, 0) is 67.6 Å². The predicted molar refractivity (Wildman–Crippen MR) is 130 cm³/mol. The van der Waals surface area contributed by atoms with E-state index in [0.717, 1.165) is 11.8 Å². The molecule has 2 amide bonds. The van der Waals surface area contributed by atoms with Gasteiger partial charge in [-0.3, -0.25) is 14.5 Å². The Kier molecular flexibility index (Phi) is 8.70. The maximum absolute atomic E-state index is 13.3. The molecule has 0 bridgehead atoms. The molecule has 0 spiro atoms. The van der Waals surface area contributed by atoms with E-state index in [2.05, 4.69) is 10.3 Å². The van der Waals surface area contributed by atoms with Gasteiger partial charge in [0.25, 0.3) is 11.8 Å². The lowest BCUT2D eigenvalue weighted by molar-refractivity contribution is -0.139. The number of anilines is 1. The number of esters is 1. The van der Waals surface area contributed by atoms with Crippen LogP contribution in [0.2, 0.25) is 0 Å². The highest BCUT2D eigenvalue weighted by Gasteiger charge is 2.42. The Bertz CT molecular complexity index is 1280. The van der Waals surface area contributed by atoms with Gasteiger partial charge in [-0.15, -0.1) is 0 Å². The molecule has 2 aliphatic rings. The van der Waals surface area contributed by atoms with E-state index < -0.39 is 29.6 Å². The van der Waals surface area contributed by atoms with E-state index >= 15 is 0 Å². The number of thioether (sulfide) groups is 1. The van der Waals surface area contributed by atoms with Gasteiger partial charge in [0.2, 0.25) is 0 Å². The van der Waals surface area contributed by atoms with Crippen LogP contribution < -0.4 is 27.0 Å². The Morgan fingerprint density at radius 3 is 2.42 bits per heavy atom. The fourth-order valence-corrected chi connectivity index (χ4v) is 4.68. The topological polar surface area (TPSA) is 97.3 Å². The number of nitrogens with one attached hydrogen (secondary N) is 1. The van der Waals surface area contributed by atoms with Gasteiger partial charge in [0.1, 0.15) is 11.6 Å². The average molecular weight is 575 g/mol. The van der Waals surface area contributed by atoms with E-state index in [1.807, 2.05) is 0 Å². The molecule has 2 aliphatic heterocycles. The van der Waals surface area contributed by atoms with Crippen molar-refractivity contribution in [1.82, 2.24) is 4.90 Å². The number of ether oxygens (including phenoxy) is 2. The molecule has 1 atom stereocenters. The number of hydrogen-bond acceptors (Lipinski definition) is 7. The number of carbonyl (C=O) groups is 3. The first kappa shape index (κ1) is 27.2. The highest BCUT2D eigenvalue weighted by Crippen LogP contribution is 2.42. The van der Waals surface area contributed by atoms with Gasteiger partial charge < -0.3 is 31.8 Å². The van der Waals surface area contributed by atoms with E-state index in [9.17, 15) is 18.8 Å². The van der Waals surface area contributed by atoms with Crippen LogP contribution in [0.15, 0.2) is 75.8 Å². The van der Waals surface area contributed by atoms with Gasteiger partial charge in [-0.1, -0.05) is 12.1 Å². The van der Waals surface area contributed by atoms with Gasteiger partial charge in [0.05, 0.1) is 35.9 Å². The average Bonchev–Trinajstić information content (AvgIpc) is 2.84. The smallest absolute Gasteiger partial charge is 0.338 e. The molecule has 4 rings (SSSR count). The number of hydrogen-bond donors (Lipinski definition) is 1. The van der Waals surface area contributed by atoms with Crippen molar-refractivity contribution in [3.63, 3.8) is 0 Å². The van der Waals surface area contributed by atoms with Crippen LogP contribution in [-0.2, 0) is 19.1 Å². The molecule has 2 aromatic carbocycles. The molecule has 2 heterocycles. The molecule has 8 nitrogen and oxygen atoms in total. The molecule has 0 aromatic heterocycles. The monoisotopic (exact) mass is 574 g/mol. The Balaban J connectivity index is 0.00000361. The van der Waals surface area contributed by atoms with Crippen molar-refractivity contribution in [3.8, 4) is 5.75 Å². The number of nitrogens with zero attached hydrogens (tertiary/aromatic N) is 2. The molecule has 0 saturated heterocycles. The SMILES string of the molecule is CCOC(=O)C1=C(C)N=C2SC(C(=O)Nc3ccc(F)cc3)=CC(=O)N2C1c1ccc(OC)cc1.[Br-]. The molecule has 0 saturated carbocycles. The molecule has 0 aliphatic carbocycles. The van der Waals surface area contributed by atoms with E-state index in [4.69, 9.17) is 9.47 Å². The number of allylic oxidation sites excluding steroid dienone is 1. The summed E-state index contributed by atoms with van der Waals surface area (Å²) < 4.78 is 23.7. The number of aliphatic imine (C=N–C) groups is 1. The van der Waals surface area contributed by atoms with Crippen molar-refractivity contribution in [1.29, 1.82) is 0 Å². The number of benzene rings is 2. The summed E-state index contributed by atoms with van der Waals surface area (Å²) in [6.45, 7) is 3.52. The third-order valence-corrected chi connectivity index (χ3v) is 6.33. The quantitative estimate of drug-likeness (QED) is 0.520. The summed E-state index contributed by atoms with van der Waals surface area (Å²) in [6, 6.07) is 11.5. The fraction of sp³-hybridized carbons (Fsp3) is 0.200. The molecule has 1 N–H and O–H groups in total. The molecule has 36 heavy (non-hydrogen) atoms. The van der Waals surface area contributed by atoms with Crippen molar-refractivity contribution in [3.05, 3.63) is 82.2 Å². The number of fused-ring (bicyclic) bond motifs is 1. The van der Waals surface area contributed by atoms with E-state index in [-0.39, 0.29) is 39.2 Å². The Morgan fingerprint density at radius 1 is 1.14 bits per heavy atom. The van der Waals surface area contributed by atoms with Crippen molar-refractivity contribution >= 4 is 40.4 Å². The number of rotatable bonds is 6. The maximum Gasteiger partial charge on any atom is 0.338 e. The summed E-state index contributed by atoms with van der Waals surface area (Å²) in [5, 5.41) is 2.90. The summed E-state index contributed by atoms with van der Waals surface area (Å²) in [4.78, 5) is 45.0. The van der Waals surface area contributed by atoms with Gasteiger partial charge in [-0.2, -0.15) is 0 Å². The Hall–Kier alpha value is -3.44. The summed E-state index contributed by atoms with van der Waals surface area (Å²) in [5.41, 5.74) is 1.66. The summed E-state index contributed by atoms with van der Waals surface area (Å²) in [7, 11) is 1.54. The molecular formula is C25H22BrFN3O5S-. The van der Waals surface area contributed by atoms with Crippen LogP contribution in [0.1, 0.15) is 25.5 Å². The molecule has 0 radical (unpaired) electrons. The van der Waals surface area contributed by atoms with Gasteiger partial charge in [0, 0.05) is 11.8 Å². The lowest BCUT2D eigenvalue weighted by Gasteiger charge is -2.38. The Labute approximate surface area is 222 Å². The van der Waals surface area contributed by atoms with Crippen molar-refractivity contribution in [2.75, 3.05) is 19.0 Å². The molecule has 1 unspecified atom stereocenters. The zero-order chi connectivity index (χ0) is 25.1. The standard InChI is InChI=1S/C25H22FN3O5S.BrH/c1-4-34-24(32)21-14(2)27-25-29(22(21)15-5-11-18(33-3)12-6-15)20(30)13-19(35-25)23(31)28-17-9-7-16(26)8-10-17;/h5-13,22H,4H2,1-3H3,(H,28,31);1H/p-1. The summed E-state index contributed by atoms with van der Waals surface area (Å²) in [6.07, 6.45) is 1.20. The van der Waals surface area contributed by atoms with Crippen LogP contribution in [0, 0.1) is 5.82 Å². The first-order valence-electron chi connectivity index (χ1n) is 10.7. The van der Waals surface area contributed by atoms with Crippen molar-refractivity contribution < 1.29 is 45.2 Å². The number of methoxy groups -OCH3 is 1. The minimum Gasteiger partial charge on any atom is -1.00 e. The second-order valence-corrected chi connectivity index (χ2v) is 8.58. The second-order valence-electron chi connectivity index (χ2n) is 7.57. The third-order valence-electron chi connectivity index (χ3n) is 5.34. The van der Waals surface area contributed by atoms with Crippen molar-refractivity contribution in [2.45, 2.75) is 19.9 Å². The number of carbonyl (C=O) groups excluding carboxylic acids is 3. The molecular weight excluding hydrogens is 553 g/mol. The maximum atomic E-state index is 13.3. The highest BCUT2D eigenvalue weighted by molar-refractivity contribution is 8.18. The first-order valence-corrected chi connectivity index (χ1v) is 11.5. The lowest BCUT2D eigenvalue weighted by atomic mass is 9.94. The van der Waals surface area contributed by atoms with Crippen molar-refractivity contribution in [2.24, 2.45) is 4.99 Å². The highest BCUT2D eigenvalue weighted by atomic mass is 79.9. The van der Waals surface area contributed by atoms with Gasteiger partial charge in [-0.25, -0.2) is 14.2 Å². The third kappa shape index (κ3) is 5.52. The fourth-order valence-electron chi connectivity index (χ4n) is 3.71. The second kappa shape index (κ2) is 11.5.